The summed E-state index contributed by atoms with van der Waals surface area (Å²) in [6.45, 7) is 5.66. The van der Waals surface area contributed by atoms with Gasteiger partial charge in [-0.05, 0) is 32.9 Å². The molecule has 0 aromatic carbocycles. The first-order valence-electron chi connectivity index (χ1n) is 4.58. The smallest absolute Gasteiger partial charge is 0.244 e. The molecule has 0 spiro atoms. The molecule has 76 valence electrons. The zero-order chi connectivity index (χ0) is 10.6. The van der Waals surface area contributed by atoms with Gasteiger partial charge in [0, 0.05) is 6.08 Å². The van der Waals surface area contributed by atoms with Crippen molar-refractivity contribution >= 4 is 5.91 Å². The van der Waals surface area contributed by atoms with Crippen LogP contribution < -0.4 is 5.32 Å². The van der Waals surface area contributed by atoms with Crippen molar-refractivity contribution in [3.8, 4) is 0 Å². The highest BCUT2D eigenvalue weighted by Crippen LogP contribution is 2.11. The molecule has 0 aliphatic rings. The molecule has 1 amide bonds. The second-order valence-electron chi connectivity index (χ2n) is 3.47. The van der Waals surface area contributed by atoms with Crippen LogP contribution in [-0.4, -0.2) is 5.91 Å². The lowest BCUT2D eigenvalue weighted by Gasteiger charge is -2.09. The Morgan fingerprint density at radius 2 is 2.29 bits per heavy atom. The van der Waals surface area contributed by atoms with Gasteiger partial charge in [0.05, 0.1) is 12.3 Å². The van der Waals surface area contributed by atoms with Gasteiger partial charge in [-0.3, -0.25) is 4.79 Å². The quantitative estimate of drug-likeness (QED) is 0.749. The third-order valence-electron chi connectivity index (χ3n) is 1.75. The van der Waals surface area contributed by atoms with Crippen LogP contribution in [0, 0.1) is 0 Å². The first-order chi connectivity index (χ1) is 6.59. The zero-order valence-electron chi connectivity index (χ0n) is 8.70. The Morgan fingerprint density at radius 3 is 2.79 bits per heavy atom. The Hall–Kier alpha value is -1.51. The molecule has 0 fully saturated rings. The van der Waals surface area contributed by atoms with E-state index in [1.807, 2.05) is 26.8 Å². The van der Waals surface area contributed by atoms with Crippen molar-refractivity contribution in [1.29, 1.82) is 0 Å². The molecule has 0 saturated carbocycles. The summed E-state index contributed by atoms with van der Waals surface area (Å²) < 4.78 is 5.17. The van der Waals surface area contributed by atoms with Crippen LogP contribution in [0.3, 0.4) is 0 Å². The summed E-state index contributed by atoms with van der Waals surface area (Å²) in [5.74, 6) is 0.675. The second kappa shape index (κ2) is 4.65. The highest BCUT2D eigenvalue weighted by molar-refractivity contribution is 5.88. The van der Waals surface area contributed by atoms with Crippen LogP contribution in [0.5, 0.6) is 0 Å². The van der Waals surface area contributed by atoms with E-state index in [1.54, 1.807) is 18.4 Å². The largest absolute Gasteiger partial charge is 0.467 e. The fourth-order valence-electron chi connectivity index (χ4n) is 1.13. The molecule has 1 aromatic heterocycles. The van der Waals surface area contributed by atoms with E-state index in [0.717, 1.165) is 11.3 Å². The van der Waals surface area contributed by atoms with E-state index < -0.39 is 0 Å². The average molecular weight is 193 g/mol. The van der Waals surface area contributed by atoms with Gasteiger partial charge in [-0.25, -0.2) is 0 Å². The van der Waals surface area contributed by atoms with Crippen molar-refractivity contribution in [2.75, 3.05) is 0 Å². The number of furan rings is 1. The van der Waals surface area contributed by atoms with Crippen LogP contribution in [0.15, 0.2) is 34.5 Å². The molecule has 0 radical (unpaired) electrons. The number of rotatable bonds is 3. The molecule has 1 rings (SSSR count). The van der Waals surface area contributed by atoms with E-state index in [-0.39, 0.29) is 11.9 Å². The minimum absolute atomic E-state index is 0.0890. The molecule has 1 atom stereocenters. The van der Waals surface area contributed by atoms with Crippen molar-refractivity contribution in [3.63, 3.8) is 0 Å². The van der Waals surface area contributed by atoms with Crippen LogP contribution in [0.4, 0.5) is 0 Å². The van der Waals surface area contributed by atoms with Gasteiger partial charge in [-0.15, -0.1) is 0 Å². The van der Waals surface area contributed by atoms with Gasteiger partial charge < -0.3 is 9.73 Å². The van der Waals surface area contributed by atoms with Crippen molar-refractivity contribution < 1.29 is 9.21 Å². The Balaban J connectivity index is 2.54. The molecule has 14 heavy (non-hydrogen) atoms. The van der Waals surface area contributed by atoms with Crippen molar-refractivity contribution in [3.05, 3.63) is 35.8 Å². The molecule has 0 bridgehead atoms. The predicted octanol–water partition coefficient (Wildman–Crippen LogP) is 2.42. The fourth-order valence-corrected chi connectivity index (χ4v) is 1.13. The van der Waals surface area contributed by atoms with Crippen LogP contribution in [0.2, 0.25) is 0 Å². The summed E-state index contributed by atoms with van der Waals surface area (Å²) in [5.41, 5.74) is 0.981. The normalized spacial score (nSPS) is 11.9. The zero-order valence-corrected chi connectivity index (χ0v) is 8.70. The third kappa shape index (κ3) is 3.09. The van der Waals surface area contributed by atoms with Gasteiger partial charge >= 0.3 is 0 Å². The number of hydrogen-bond acceptors (Lipinski definition) is 2. The molecule has 3 nitrogen and oxygen atoms in total. The highest BCUT2D eigenvalue weighted by atomic mass is 16.3. The van der Waals surface area contributed by atoms with E-state index in [2.05, 4.69) is 5.32 Å². The summed E-state index contributed by atoms with van der Waals surface area (Å²) in [6, 6.07) is 3.56. The molecule has 3 heteroatoms. The summed E-state index contributed by atoms with van der Waals surface area (Å²) in [4.78, 5) is 11.3. The molecular weight excluding hydrogens is 178 g/mol. The molecule has 0 aliphatic heterocycles. The first kappa shape index (κ1) is 10.6. The minimum Gasteiger partial charge on any atom is -0.467 e. The lowest BCUT2D eigenvalue weighted by atomic mass is 10.2. The molecule has 0 saturated heterocycles. The summed E-state index contributed by atoms with van der Waals surface area (Å²) in [6.07, 6.45) is 3.17. The minimum atomic E-state index is -0.0897. The number of carbonyl (C=O) groups excluding carboxylic acids is 1. The highest BCUT2D eigenvalue weighted by Gasteiger charge is 2.09. The average Bonchev–Trinajstić information content (AvgIpc) is 2.53. The van der Waals surface area contributed by atoms with Gasteiger partial charge in [0.25, 0.3) is 0 Å². The standard InChI is InChI=1S/C11H15NO2/c1-8(2)7-11(13)12-9(3)10-5-4-6-14-10/h4-7,9H,1-3H3,(H,12,13)/t9-/m1/s1. The monoisotopic (exact) mass is 193 g/mol. The SMILES string of the molecule is CC(C)=CC(=O)N[C@H](C)c1ccco1. The number of carbonyl (C=O) groups is 1. The summed E-state index contributed by atoms with van der Waals surface area (Å²) in [7, 11) is 0. The van der Waals surface area contributed by atoms with Crippen LogP contribution in [0.1, 0.15) is 32.6 Å². The number of nitrogens with one attached hydrogen (secondary N) is 1. The van der Waals surface area contributed by atoms with E-state index in [4.69, 9.17) is 4.42 Å². The first-order valence-corrected chi connectivity index (χ1v) is 4.58. The molecule has 0 aliphatic carbocycles. The number of amides is 1. The topological polar surface area (TPSA) is 42.2 Å². The van der Waals surface area contributed by atoms with Crippen LogP contribution in [0.25, 0.3) is 0 Å². The maximum absolute atomic E-state index is 11.3. The maximum Gasteiger partial charge on any atom is 0.244 e. The van der Waals surface area contributed by atoms with E-state index in [9.17, 15) is 4.79 Å². The second-order valence-corrected chi connectivity index (χ2v) is 3.47. The molecular formula is C11H15NO2. The third-order valence-corrected chi connectivity index (χ3v) is 1.75. The predicted molar refractivity (Wildman–Crippen MR) is 54.7 cm³/mol. The lowest BCUT2D eigenvalue weighted by Crippen LogP contribution is -2.24. The van der Waals surface area contributed by atoms with E-state index >= 15 is 0 Å². The van der Waals surface area contributed by atoms with Gasteiger partial charge in [-0.1, -0.05) is 5.57 Å². The molecule has 1 N–H and O–H groups in total. The van der Waals surface area contributed by atoms with Crippen molar-refractivity contribution in [1.82, 2.24) is 5.32 Å². The lowest BCUT2D eigenvalue weighted by molar-refractivity contribution is -0.117. The van der Waals surface area contributed by atoms with Gasteiger partial charge in [-0.2, -0.15) is 0 Å². The maximum atomic E-state index is 11.3. The summed E-state index contributed by atoms with van der Waals surface area (Å²) >= 11 is 0. The van der Waals surface area contributed by atoms with Crippen molar-refractivity contribution in [2.24, 2.45) is 0 Å². The van der Waals surface area contributed by atoms with Crippen molar-refractivity contribution in [2.45, 2.75) is 26.8 Å². The van der Waals surface area contributed by atoms with E-state index in [1.165, 1.54) is 0 Å². The Kier molecular flexibility index (Phi) is 3.51. The number of allylic oxidation sites excluding steroid dienone is 1. The molecule has 1 aromatic rings. The number of hydrogen-bond donors (Lipinski definition) is 1. The summed E-state index contributed by atoms with van der Waals surface area (Å²) in [5, 5.41) is 2.80. The molecule has 1 heterocycles. The fraction of sp³-hybridized carbons (Fsp3) is 0.364. The molecule has 0 unspecified atom stereocenters. The van der Waals surface area contributed by atoms with Gasteiger partial charge in [0.15, 0.2) is 0 Å². The van der Waals surface area contributed by atoms with Gasteiger partial charge in [0.1, 0.15) is 5.76 Å². The Labute approximate surface area is 83.8 Å². The Morgan fingerprint density at radius 1 is 1.57 bits per heavy atom. The Bertz CT molecular complexity index is 321. The van der Waals surface area contributed by atoms with E-state index in [0.29, 0.717) is 0 Å². The van der Waals surface area contributed by atoms with Crippen LogP contribution >= 0.6 is 0 Å². The van der Waals surface area contributed by atoms with Crippen LogP contribution in [-0.2, 0) is 4.79 Å². The van der Waals surface area contributed by atoms with Gasteiger partial charge in [0.2, 0.25) is 5.91 Å².